The van der Waals surface area contributed by atoms with Crippen molar-refractivity contribution in [2.45, 2.75) is 57.8 Å². The van der Waals surface area contributed by atoms with Gasteiger partial charge in [-0.1, -0.05) is 0 Å². The van der Waals surface area contributed by atoms with Crippen LogP contribution in [0.2, 0.25) is 0 Å². The Balaban J connectivity index is 2.05. The molecule has 0 aromatic heterocycles. The molecule has 5 heteroatoms. The molecule has 0 bridgehead atoms. The predicted molar refractivity (Wildman–Crippen MR) is 64.8 cm³/mol. The highest BCUT2D eigenvalue weighted by molar-refractivity contribution is 5.94. The van der Waals surface area contributed by atoms with E-state index in [1.807, 2.05) is 0 Å². The average molecular weight is 255 g/mol. The minimum atomic E-state index is -0.835. The van der Waals surface area contributed by atoms with Crippen molar-refractivity contribution in [3.05, 3.63) is 0 Å². The van der Waals surface area contributed by atoms with Crippen LogP contribution in [0.1, 0.15) is 39.5 Å². The highest BCUT2D eigenvalue weighted by atomic mass is 16.3. The maximum Gasteiger partial charge on any atom is 0.231 e. The van der Waals surface area contributed by atoms with Gasteiger partial charge in [0.15, 0.2) is 5.78 Å². The highest BCUT2D eigenvalue weighted by Gasteiger charge is 2.56. The number of nitrogens with zero attached hydrogens (tertiary/aromatic N) is 1. The Hall–Kier alpha value is -0.940. The van der Waals surface area contributed by atoms with Crippen molar-refractivity contribution < 1.29 is 19.8 Å². The van der Waals surface area contributed by atoms with Gasteiger partial charge in [0.25, 0.3) is 0 Å². The average Bonchev–Trinajstić information content (AvgIpc) is 2.30. The number of hydrogen-bond donors (Lipinski definition) is 2. The number of carbonyl (C=O) groups is 2. The molecule has 2 N–H and O–H groups in total. The van der Waals surface area contributed by atoms with Crippen LogP contribution in [0.3, 0.4) is 0 Å². The standard InChI is InChI=1S/C13H21NO4/c1-8(15)11(9(2)16)14-7-13(12(14)18)5-3-10(17)4-6-13/h8,10-11,15,17H,3-7H2,1-2H3/t8-,10?,11+,13?/m1/s1. The van der Waals surface area contributed by atoms with Crippen molar-refractivity contribution in [2.75, 3.05) is 6.54 Å². The summed E-state index contributed by atoms with van der Waals surface area (Å²) >= 11 is 0. The van der Waals surface area contributed by atoms with Gasteiger partial charge in [0.05, 0.1) is 17.6 Å². The molecule has 2 fully saturated rings. The number of rotatable bonds is 3. The third kappa shape index (κ3) is 2.06. The zero-order valence-electron chi connectivity index (χ0n) is 10.9. The van der Waals surface area contributed by atoms with Crippen LogP contribution in [0.5, 0.6) is 0 Å². The monoisotopic (exact) mass is 255 g/mol. The summed E-state index contributed by atoms with van der Waals surface area (Å²) < 4.78 is 0. The maximum absolute atomic E-state index is 12.3. The Kier molecular flexibility index (Phi) is 3.47. The third-order valence-corrected chi connectivity index (χ3v) is 4.31. The smallest absolute Gasteiger partial charge is 0.231 e. The molecule has 18 heavy (non-hydrogen) atoms. The van der Waals surface area contributed by atoms with Gasteiger partial charge in [-0.2, -0.15) is 0 Å². The number of Topliss-reactive ketones (excluding diaryl/α,β-unsaturated/α-hetero) is 1. The number of aliphatic hydroxyl groups excluding tert-OH is 2. The van der Waals surface area contributed by atoms with Crippen molar-refractivity contribution in [1.82, 2.24) is 4.90 Å². The molecule has 2 aliphatic rings. The number of aliphatic hydroxyl groups is 2. The summed E-state index contributed by atoms with van der Waals surface area (Å²) in [5.41, 5.74) is -0.373. The van der Waals surface area contributed by atoms with Gasteiger partial charge < -0.3 is 15.1 Å². The SMILES string of the molecule is CC(=O)[C@H]([C@@H](C)O)N1CC2(CCC(O)CC2)C1=O. The van der Waals surface area contributed by atoms with Crippen molar-refractivity contribution >= 4 is 11.7 Å². The van der Waals surface area contributed by atoms with Crippen LogP contribution in [-0.4, -0.2) is 51.6 Å². The van der Waals surface area contributed by atoms with Crippen LogP contribution in [-0.2, 0) is 9.59 Å². The number of amides is 1. The van der Waals surface area contributed by atoms with E-state index >= 15 is 0 Å². The van der Waals surface area contributed by atoms with Gasteiger partial charge in [-0.15, -0.1) is 0 Å². The summed E-state index contributed by atoms with van der Waals surface area (Å²) in [6, 6.07) is -0.713. The largest absolute Gasteiger partial charge is 0.393 e. The first-order valence-corrected chi connectivity index (χ1v) is 6.55. The zero-order valence-corrected chi connectivity index (χ0v) is 10.9. The molecule has 0 aromatic carbocycles. The van der Waals surface area contributed by atoms with E-state index in [-0.39, 0.29) is 23.2 Å². The fourth-order valence-corrected chi connectivity index (χ4v) is 3.25. The molecule has 5 nitrogen and oxygen atoms in total. The molecule has 1 saturated heterocycles. The molecule has 2 rings (SSSR count). The molecule has 0 unspecified atom stereocenters. The fraction of sp³-hybridized carbons (Fsp3) is 0.846. The quantitative estimate of drug-likeness (QED) is 0.701. The second-order valence-electron chi connectivity index (χ2n) is 5.74. The second kappa shape index (κ2) is 4.63. The molecule has 1 saturated carbocycles. The minimum absolute atomic E-state index is 0.0319. The first-order valence-electron chi connectivity index (χ1n) is 6.55. The molecule has 1 aliphatic carbocycles. The molecule has 1 amide bonds. The molecule has 1 aliphatic heterocycles. The third-order valence-electron chi connectivity index (χ3n) is 4.31. The Bertz CT molecular complexity index is 358. The van der Waals surface area contributed by atoms with Crippen molar-refractivity contribution in [3.63, 3.8) is 0 Å². The predicted octanol–water partition coefficient (Wildman–Crippen LogP) is 0.0883. The molecule has 1 spiro atoms. The van der Waals surface area contributed by atoms with Gasteiger partial charge in [0.2, 0.25) is 5.91 Å². The number of likely N-dealkylation sites (tertiary alicyclic amines) is 1. The van der Waals surface area contributed by atoms with Gasteiger partial charge >= 0.3 is 0 Å². The fourth-order valence-electron chi connectivity index (χ4n) is 3.25. The lowest BCUT2D eigenvalue weighted by Crippen LogP contribution is -2.68. The maximum atomic E-state index is 12.3. The summed E-state index contributed by atoms with van der Waals surface area (Å²) in [6.07, 6.45) is 1.55. The van der Waals surface area contributed by atoms with Crippen LogP contribution >= 0.6 is 0 Å². The number of hydrogen-bond acceptors (Lipinski definition) is 4. The van der Waals surface area contributed by atoms with Gasteiger partial charge in [0, 0.05) is 6.54 Å². The molecular formula is C13H21NO4. The summed E-state index contributed by atoms with van der Waals surface area (Å²) in [5.74, 6) is -0.209. The Morgan fingerprint density at radius 3 is 2.39 bits per heavy atom. The van der Waals surface area contributed by atoms with Crippen LogP contribution in [0.4, 0.5) is 0 Å². The van der Waals surface area contributed by atoms with Gasteiger partial charge in [-0.3, -0.25) is 9.59 Å². The van der Waals surface area contributed by atoms with Gasteiger partial charge in [-0.25, -0.2) is 0 Å². The van der Waals surface area contributed by atoms with Gasteiger partial charge in [0.1, 0.15) is 6.04 Å². The van der Waals surface area contributed by atoms with Crippen LogP contribution in [0, 0.1) is 5.41 Å². The van der Waals surface area contributed by atoms with E-state index < -0.39 is 12.1 Å². The highest BCUT2D eigenvalue weighted by Crippen LogP contribution is 2.46. The Morgan fingerprint density at radius 1 is 1.44 bits per heavy atom. The summed E-state index contributed by atoms with van der Waals surface area (Å²) in [7, 11) is 0. The van der Waals surface area contributed by atoms with E-state index in [0.717, 1.165) is 0 Å². The van der Waals surface area contributed by atoms with E-state index in [0.29, 0.717) is 32.2 Å². The van der Waals surface area contributed by atoms with E-state index in [2.05, 4.69) is 0 Å². The number of carbonyl (C=O) groups excluding carboxylic acids is 2. The van der Waals surface area contributed by atoms with E-state index in [9.17, 15) is 19.8 Å². The normalized spacial score (nSPS) is 35.2. The lowest BCUT2D eigenvalue weighted by molar-refractivity contribution is -0.176. The van der Waals surface area contributed by atoms with Crippen LogP contribution < -0.4 is 0 Å². The molecule has 1 heterocycles. The topological polar surface area (TPSA) is 77.8 Å². The summed E-state index contributed by atoms with van der Waals surface area (Å²) in [4.78, 5) is 25.3. The molecule has 2 atom stereocenters. The number of ketones is 1. The van der Waals surface area contributed by atoms with E-state index in [1.54, 1.807) is 0 Å². The van der Waals surface area contributed by atoms with E-state index in [4.69, 9.17) is 0 Å². The first kappa shape index (κ1) is 13.5. The summed E-state index contributed by atoms with van der Waals surface area (Å²) in [6.45, 7) is 3.48. The van der Waals surface area contributed by atoms with Crippen molar-refractivity contribution in [2.24, 2.45) is 5.41 Å². The summed E-state index contributed by atoms with van der Waals surface area (Å²) in [5, 5.41) is 19.1. The lowest BCUT2D eigenvalue weighted by Gasteiger charge is -2.54. The van der Waals surface area contributed by atoms with Crippen molar-refractivity contribution in [3.8, 4) is 0 Å². The van der Waals surface area contributed by atoms with Crippen LogP contribution in [0.25, 0.3) is 0 Å². The Morgan fingerprint density at radius 2 is 2.00 bits per heavy atom. The first-order chi connectivity index (χ1) is 8.37. The van der Waals surface area contributed by atoms with Crippen molar-refractivity contribution in [1.29, 1.82) is 0 Å². The van der Waals surface area contributed by atoms with Crippen LogP contribution in [0.15, 0.2) is 0 Å². The number of β-lactam (4-membered cyclic amide) rings is 1. The second-order valence-corrected chi connectivity index (χ2v) is 5.74. The molecule has 0 aromatic rings. The zero-order chi connectivity index (χ0) is 13.5. The molecule has 0 radical (unpaired) electrons. The van der Waals surface area contributed by atoms with Gasteiger partial charge in [-0.05, 0) is 39.5 Å². The van der Waals surface area contributed by atoms with E-state index in [1.165, 1.54) is 18.7 Å². The molecule has 102 valence electrons. The molecular weight excluding hydrogens is 234 g/mol. The Labute approximate surface area is 107 Å². The minimum Gasteiger partial charge on any atom is -0.393 e. The lowest BCUT2D eigenvalue weighted by atomic mass is 9.66.